The third-order valence-corrected chi connectivity index (χ3v) is 4.24. The number of amides is 1. The second-order valence-electron chi connectivity index (χ2n) is 5.31. The van der Waals surface area contributed by atoms with Crippen molar-refractivity contribution in [3.8, 4) is 17.6 Å². The molecule has 0 saturated heterocycles. The lowest BCUT2D eigenvalue weighted by molar-refractivity contribution is -0.113. The van der Waals surface area contributed by atoms with Gasteiger partial charge in [0, 0.05) is 0 Å². The molecule has 0 radical (unpaired) electrons. The molecule has 1 aromatic heterocycles. The maximum atomic E-state index is 12.3. The Hall–Kier alpha value is -3.57. The summed E-state index contributed by atoms with van der Waals surface area (Å²) in [4.78, 5) is 20.3. The first-order valence-electron chi connectivity index (χ1n) is 7.93. The summed E-state index contributed by atoms with van der Waals surface area (Å²) in [6.45, 7) is 0. The van der Waals surface area contributed by atoms with E-state index in [0.717, 1.165) is 11.8 Å². The predicted molar refractivity (Wildman–Crippen MR) is 103 cm³/mol. The predicted octanol–water partition coefficient (Wildman–Crippen LogP) is 3.45. The van der Waals surface area contributed by atoms with Gasteiger partial charge in [-0.3, -0.25) is 4.79 Å². The lowest BCUT2D eigenvalue weighted by atomic mass is 10.3. The molecule has 27 heavy (non-hydrogen) atoms. The van der Waals surface area contributed by atoms with Crippen LogP contribution >= 0.6 is 11.8 Å². The number of rotatable bonds is 6. The van der Waals surface area contributed by atoms with Gasteiger partial charge in [0.05, 0.1) is 17.6 Å². The second-order valence-corrected chi connectivity index (χ2v) is 6.25. The van der Waals surface area contributed by atoms with Crippen molar-refractivity contribution in [1.29, 1.82) is 5.26 Å². The number of thioether (sulfide) groups is 1. The zero-order valence-corrected chi connectivity index (χ0v) is 14.9. The highest BCUT2D eigenvalue weighted by Gasteiger charge is 2.11. The Balaban J connectivity index is 1.63. The first-order valence-corrected chi connectivity index (χ1v) is 8.91. The maximum absolute atomic E-state index is 12.3. The molecule has 2 aromatic carbocycles. The molecule has 1 amide bonds. The zero-order chi connectivity index (χ0) is 19.1. The highest BCUT2D eigenvalue weighted by atomic mass is 32.2. The van der Waals surface area contributed by atoms with E-state index in [-0.39, 0.29) is 23.0 Å². The van der Waals surface area contributed by atoms with E-state index in [1.807, 2.05) is 48.5 Å². The summed E-state index contributed by atoms with van der Waals surface area (Å²) in [6.07, 6.45) is 1.34. The number of hydrogen-bond acceptors (Lipinski definition) is 7. The summed E-state index contributed by atoms with van der Waals surface area (Å²) in [5, 5.41) is 12.0. The van der Waals surface area contributed by atoms with Crippen LogP contribution < -0.4 is 15.8 Å². The number of carbonyl (C=O) groups excluding carboxylic acids is 1. The SMILES string of the molecule is N#Cc1cnc(SCC(=O)Nc2ccccc2Oc2ccccc2)nc1N. The van der Waals surface area contributed by atoms with E-state index in [9.17, 15) is 4.79 Å². The van der Waals surface area contributed by atoms with Crippen molar-refractivity contribution in [1.82, 2.24) is 9.97 Å². The largest absolute Gasteiger partial charge is 0.455 e. The molecule has 0 aliphatic rings. The molecule has 7 nitrogen and oxygen atoms in total. The van der Waals surface area contributed by atoms with Crippen molar-refractivity contribution in [3.05, 3.63) is 66.4 Å². The van der Waals surface area contributed by atoms with Gasteiger partial charge in [0.15, 0.2) is 10.9 Å². The first kappa shape index (κ1) is 18.2. The Bertz CT molecular complexity index is 989. The van der Waals surface area contributed by atoms with E-state index in [1.165, 1.54) is 6.20 Å². The van der Waals surface area contributed by atoms with Gasteiger partial charge in [0.25, 0.3) is 0 Å². The smallest absolute Gasteiger partial charge is 0.234 e. The number of hydrogen-bond donors (Lipinski definition) is 2. The minimum Gasteiger partial charge on any atom is -0.455 e. The number of ether oxygens (including phenoxy) is 1. The minimum atomic E-state index is -0.240. The number of nitrogens with zero attached hydrogens (tertiary/aromatic N) is 3. The Kier molecular flexibility index (Phi) is 5.87. The van der Waals surface area contributed by atoms with Crippen LogP contribution in [0.15, 0.2) is 66.0 Å². The quantitative estimate of drug-likeness (QED) is 0.499. The summed E-state index contributed by atoms with van der Waals surface area (Å²) < 4.78 is 5.82. The molecule has 0 aliphatic carbocycles. The van der Waals surface area contributed by atoms with Crippen LogP contribution in [-0.2, 0) is 4.79 Å². The van der Waals surface area contributed by atoms with Gasteiger partial charge in [-0.15, -0.1) is 0 Å². The molecule has 1 heterocycles. The van der Waals surface area contributed by atoms with Crippen LogP contribution in [-0.4, -0.2) is 21.6 Å². The molecule has 0 bridgehead atoms. The van der Waals surface area contributed by atoms with E-state index in [4.69, 9.17) is 15.7 Å². The number of nitrogens with one attached hydrogen (secondary N) is 1. The highest BCUT2D eigenvalue weighted by molar-refractivity contribution is 7.99. The van der Waals surface area contributed by atoms with E-state index >= 15 is 0 Å². The number of aromatic nitrogens is 2. The lowest BCUT2D eigenvalue weighted by Crippen LogP contribution is -2.15. The van der Waals surface area contributed by atoms with Crippen LogP contribution in [0.5, 0.6) is 11.5 Å². The van der Waals surface area contributed by atoms with Gasteiger partial charge in [0.2, 0.25) is 5.91 Å². The third-order valence-electron chi connectivity index (χ3n) is 3.38. The van der Waals surface area contributed by atoms with Crippen LogP contribution in [0.3, 0.4) is 0 Å². The van der Waals surface area contributed by atoms with Crippen molar-refractivity contribution >= 4 is 29.2 Å². The van der Waals surface area contributed by atoms with Gasteiger partial charge < -0.3 is 15.8 Å². The van der Waals surface area contributed by atoms with E-state index < -0.39 is 0 Å². The van der Waals surface area contributed by atoms with Crippen LogP contribution in [0.25, 0.3) is 0 Å². The van der Waals surface area contributed by atoms with Crippen molar-refractivity contribution in [2.24, 2.45) is 0 Å². The molecule has 0 saturated carbocycles. The molecule has 8 heteroatoms. The number of carbonyl (C=O) groups is 1. The standard InChI is InChI=1S/C19H15N5O2S/c20-10-13-11-22-19(24-18(13)21)27-12-17(25)23-15-8-4-5-9-16(15)26-14-6-2-1-3-7-14/h1-9,11H,12H2,(H,23,25)(H2,21,22,24). The van der Waals surface area contributed by atoms with E-state index in [1.54, 1.807) is 12.1 Å². The van der Waals surface area contributed by atoms with Gasteiger partial charge in [0.1, 0.15) is 23.2 Å². The lowest BCUT2D eigenvalue weighted by Gasteiger charge is -2.12. The maximum Gasteiger partial charge on any atom is 0.234 e. The van der Waals surface area contributed by atoms with Gasteiger partial charge in [-0.05, 0) is 24.3 Å². The molecular formula is C19H15N5O2S. The summed E-state index contributed by atoms with van der Waals surface area (Å²) >= 11 is 1.13. The molecule has 3 rings (SSSR count). The van der Waals surface area contributed by atoms with Crippen molar-refractivity contribution in [2.75, 3.05) is 16.8 Å². The topological polar surface area (TPSA) is 114 Å². The highest BCUT2D eigenvalue weighted by Crippen LogP contribution is 2.29. The number of para-hydroxylation sites is 3. The average Bonchev–Trinajstić information content (AvgIpc) is 2.69. The molecule has 0 unspecified atom stereocenters. The van der Waals surface area contributed by atoms with Crippen molar-refractivity contribution < 1.29 is 9.53 Å². The van der Waals surface area contributed by atoms with Gasteiger partial charge in [-0.25, -0.2) is 9.97 Å². The molecule has 0 atom stereocenters. The number of nitrogens with two attached hydrogens (primary N) is 1. The summed E-state index contributed by atoms with van der Waals surface area (Å²) in [6, 6.07) is 18.4. The number of nitriles is 1. The van der Waals surface area contributed by atoms with Gasteiger partial charge in [-0.2, -0.15) is 5.26 Å². The van der Waals surface area contributed by atoms with Crippen LogP contribution in [0.1, 0.15) is 5.56 Å². The van der Waals surface area contributed by atoms with Gasteiger partial charge >= 0.3 is 0 Å². The first-order chi connectivity index (χ1) is 13.2. The van der Waals surface area contributed by atoms with Crippen molar-refractivity contribution in [2.45, 2.75) is 5.16 Å². The normalized spacial score (nSPS) is 10.0. The molecule has 0 fully saturated rings. The van der Waals surface area contributed by atoms with Crippen LogP contribution in [0.4, 0.5) is 11.5 Å². The monoisotopic (exact) mass is 377 g/mol. The number of anilines is 2. The summed E-state index contributed by atoms with van der Waals surface area (Å²) in [7, 11) is 0. The summed E-state index contributed by atoms with van der Waals surface area (Å²) in [5.74, 6) is 1.16. The van der Waals surface area contributed by atoms with E-state index in [2.05, 4.69) is 15.3 Å². The van der Waals surface area contributed by atoms with Crippen LogP contribution in [0, 0.1) is 11.3 Å². The Morgan fingerprint density at radius 1 is 1.19 bits per heavy atom. The minimum absolute atomic E-state index is 0.0883. The Morgan fingerprint density at radius 3 is 2.67 bits per heavy atom. The molecule has 0 spiro atoms. The van der Waals surface area contributed by atoms with Crippen LogP contribution in [0.2, 0.25) is 0 Å². The fraction of sp³-hybridized carbons (Fsp3) is 0.0526. The zero-order valence-electron chi connectivity index (χ0n) is 14.1. The fourth-order valence-corrected chi connectivity index (χ4v) is 2.75. The van der Waals surface area contributed by atoms with Gasteiger partial charge in [-0.1, -0.05) is 42.1 Å². The molecule has 3 N–H and O–H groups in total. The second kappa shape index (κ2) is 8.69. The summed E-state index contributed by atoms with van der Waals surface area (Å²) in [5.41, 5.74) is 6.42. The third kappa shape index (κ3) is 4.96. The average molecular weight is 377 g/mol. The molecule has 134 valence electrons. The van der Waals surface area contributed by atoms with Crippen molar-refractivity contribution in [3.63, 3.8) is 0 Å². The number of benzene rings is 2. The Morgan fingerprint density at radius 2 is 1.93 bits per heavy atom. The Labute approximate surface area is 160 Å². The molecule has 0 aliphatic heterocycles. The molecule has 3 aromatic rings. The van der Waals surface area contributed by atoms with E-state index in [0.29, 0.717) is 22.3 Å². The number of nitrogen functional groups attached to an aromatic ring is 1. The molecular weight excluding hydrogens is 362 g/mol. The fourth-order valence-electron chi connectivity index (χ4n) is 2.12.